The molecule has 0 rings (SSSR count). The highest BCUT2D eigenvalue weighted by Gasteiger charge is 2.09. The molecular weight excluding hydrogens is 235 g/mol. The van der Waals surface area contributed by atoms with E-state index in [2.05, 4.69) is 37.9 Å². The minimum Gasteiger partial charge on any atom is -0.338 e. The number of unbranched alkanes of at least 4 members (excludes halogenated alkanes) is 3. The Balaban J connectivity index is 3.37. The first kappa shape index (κ1) is 14.9. The third kappa shape index (κ3) is 11.0. The Labute approximate surface area is 97.8 Å². The summed E-state index contributed by atoms with van der Waals surface area (Å²) >= 11 is 8.48. The molecule has 0 saturated carbocycles. The van der Waals surface area contributed by atoms with Crippen molar-refractivity contribution >= 4 is 29.7 Å². The van der Waals surface area contributed by atoms with Gasteiger partial charge in [-0.15, -0.1) is 0 Å². The van der Waals surface area contributed by atoms with Crippen molar-refractivity contribution in [1.29, 1.82) is 0 Å². The molecule has 0 aliphatic heterocycles. The summed E-state index contributed by atoms with van der Waals surface area (Å²) in [5, 5.41) is 0. The maximum atomic E-state index is 9.14. The van der Waals surface area contributed by atoms with Gasteiger partial charge in [0, 0.05) is 0 Å². The van der Waals surface area contributed by atoms with Crippen LogP contribution in [0.5, 0.6) is 0 Å². The Morgan fingerprint density at radius 3 is 2.57 bits per heavy atom. The van der Waals surface area contributed by atoms with E-state index in [0.29, 0.717) is 12.5 Å². The van der Waals surface area contributed by atoms with Crippen molar-refractivity contribution < 1.29 is 9.42 Å². The third-order valence-electron chi connectivity index (χ3n) is 2.08. The van der Waals surface area contributed by atoms with Crippen molar-refractivity contribution in [2.75, 3.05) is 6.61 Å². The summed E-state index contributed by atoms with van der Waals surface area (Å²) in [4.78, 5) is 9.14. The van der Waals surface area contributed by atoms with Crippen LogP contribution in [0.15, 0.2) is 0 Å². The fourth-order valence-electron chi connectivity index (χ4n) is 1.23. The molecule has 2 nitrogen and oxygen atoms in total. The van der Waals surface area contributed by atoms with Gasteiger partial charge >= 0.3 is 0 Å². The maximum Gasteiger partial charge on any atom is 0.241 e. The van der Waals surface area contributed by atoms with Gasteiger partial charge in [0.15, 0.2) is 0 Å². The summed E-state index contributed by atoms with van der Waals surface area (Å²) < 4.78 is 5.09. The molecule has 0 aromatic heterocycles. The number of thiol groups is 1. The zero-order valence-electron chi connectivity index (χ0n) is 8.98. The summed E-state index contributed by atoms with van der Waals surface area (Å²) in [6.07, 6.45) is 6.23. The second kappa shape index (κ2) is 8.12. The molecule has 0 heterocycles. The maximum absolute atomic E-state index is 9.14. The van der Waals surface area contributed by atoms with Gasteiger partial charge in [-0.1, -0.05) is 51.8 Å². The molecule has 0 spiro atoms. The molecule has 2 atom stereocenters. The predicted octanol–water partition coefficient (Wildman–Crippen LogP) is 3.76. The molecule has 1 N–H and O–H groups in total. The lowest BCUT2D eigenvalue weighted by Crippen LogP contribution is -2.03. The van der Waals surface area contributed by atoms with Crippen LogP contribution in [0, 0.1) is 5.92 Å². The Morgan fingerprint density at radius 2 is 2.07 bits per heavy atom. The Kier molecular flexibility index (Phi) is 8.65. The third-order valence-corrected chi connectivity index (χ3v) is 3.23. The summed E-state index contributed by atoms with van der Waals surface area (Å²) in [5.74, 6) is 0.466. The molecule has 2 unspecified atom stereocenters. The molecule has 0 saturated heterocycles. The van der Waals surface area contributed by atoms with Crippen LogP contribution >= 0.6 is 17.9 Å². The molecule has 0 aliphatic rings. The van der Waals surface area contributed by atoms with Crippen molar-refractivity contribution in [2.24, 2.45) is 5.92 Å². The zero-order chi connectivity index (χ0) is 11.0. The lowest BCUT2D eigenvalue weighted by atomic mass is 10.0. The molecule has 14 heavy (non-hydrogen) atoms. The zero-order valence-corrected chi connectivity index (χ0v) is 11.6. The van der Waals surface area contributed by atoms with Gasteiger partial charge in [-0.3, -0.25) is 0 Å². The fourth-order valence-corrected chi connectivity index (χ4v) is 2.06. The largest absolute Gasteiger partial charge is 0.338 e. The Hall–Kier alpha value is 0.920. The lowest BCUT2D eigenvalue weighted by molar-refractivity contribution is 0.254. The van der Waals surface area contributed by atoms with E-state index in [-0.39, 0.29) is 0 Å². The molecule has 0 aromatic carbocycles. The minimum atomic E-state index is -2.74. The summed E-state index contributed by atoms with van der Waals surface area (Å²) in [5.41, 5.74) is -2.74. The van der Waals surface area contributed by atoms with Gasteiger partial charge in [0.25, 0.3) is 0 Å². The number of hydrogen-bond acceptors (Lipinski definition) is 2. The minimum absolute atomic E-state index is 0.466. The van der Waals surface area contributed by atoms with Gasteiger partial charge in [0.05, 0.1) is 6.61 Å². The quantitative estimate of drug-likeness (QED) is 0.394. The molecule has 0 amide bonds. The van der Waals surface area contributed by atoms with Crippen molar-refractivity contribution in [3.63, 3.8) is 0 Å². The van der Waals surface area contributed by atoms with E-state index in [1.807, 2.05) is 0 Å². The van der Waals surface area contributed by atoms with Gasteiger partial charge < -0.3 is 9.42 Å². The van der Waals surface area contributed by atoms with E-state index in [1.54, 1.807) is 0 Å². The molecule has 5 heteroatoms. The SMILES string of the molecule is CCCCCCC(C)COP(O)(=S)S. The summed E-state index contributed by atoms with van der Waals surface area (Å²) in [7, 11) is 0. The van der Waals surface area contributed by atoms with Crippen molar-refractivity contribution in [3.8, 4) is 0 Å². The Bertz CT molecular complexity index is 182. The molecular formula is C9H21O2PS2. The summed E-state index contributed by atoms with van der Waals surface area (Å²) in [6, 6.07) is 0. The van der Waals surface area contributed by atoms with E-state index >= 15 is 0 Å². The first-order valence-corrected chi connectivity index (χ1v) is 8.98. The second-order valence-corrected chi connectivity index (χ2v) is 8.90. The van der Waals surface area contributed by atoms with Crippen molar-refractivity contribution in [2.45, 2.75) is 46.0 Å². The molecule has 86 valence electrons. The van der Waals surface area contributed by atoms with Crippen molar-refractivity contribution in [3.05, 3.63) is 0 Å². The fraction of sp³-hybridized carbons (Fsp3) is 1.00. The van der Waals surface area contributed by atoms with E-state index in [0.717, 1.165) is 6.42 Å². The van der Waals surface area contributed by atoms with Crippen LogP contribution in [-0.2, 0) is 16.3 Å². The van der Waals surface area contributed by atoms with E-state index in [4.69, 9.17) is 9.42 Å². The smallest absolute Gasteiger partial charge is 0.241 e. The van der Waals surface area contributed by atoms with Crippen LogP contribution in [0.1, 0.15) is 46.0 Å². The average molecular weight is 256 g/mol. The lowest BCUT2D eigenvalue weighted by Gasteiger charge is -2.14. The van der Waals surface area contributed by atoms with Crippen LogP contribution in [0.4, 0.5) is 0 Å². The van der Waals surface area contributed by atoms with Gasteiger partial charge in [-0.05, 0) is 24.1 Å². The number of hydrogen-bond donors (Lipinski definition) is 2. The van der Waals surface area contributed by atoms with Crippen LogP contribution in [0.2, 0.25) is 0 Å². The van der Waals surface area contributed by atoms with Gasteiger partial charge in [-0.25, -0.2) is 0 Å². The van der Waals surface area contributed by atoms with Crippen LogP contribution < -0.4 is 0 Å². The highest BCUT2D eigenvalue weighted by Crippen LogP contribution is 2.47. The first-order chi connectivity index (χ1) is 6.45. The molecule has 0 bridgehead atoms. The average Bonchev–Trinajstić information content (AvgIpc) is 2.08. The topological polar surface area (TPSA) is 29.5 Å². The number of rotatable bonds is 8. The van der Waals surface area contributed by atoms with Crippen LogP contribution in [0.25, 0.3) is 0 Å². The molecule has 0 radical (unpaired) electrons. The molecule has 0 fully saturated rings. The first-order valence-electron chi connectivity index (χ1n) is 5.15. The Morgan fingerprint density at radius 1 is 1.43 bits per heavy atom. The second-order valence-electron chi connectivity index (χ2n) is 3.74. The van der Waals surface area contributed by atoms with Gasteiger partial charge in [0.1, 0.15) is 0 Å². The molecule has 0 aliphatic carbocycles. The van der Waals surface area contributed by atoms with E-state index < -0.39 is 5.69 Å². The standard InChI is InChI=1S/C9H21O2PS2/c1-3-4-5-6-7-9(2)8-11-12(10,13)14/h9H,3-8H2,1-2H3,(H2,10,13,14). The monoisotopic (exact) mass is 256 g/mol. The highest BCUT2D eigenvalue weighted by molar-refractivity contribution is 8.59. The highest BCUT2D eigenvalue weighted by atomic mass is 32.9. The predicted molar refractivity (Wildman–Crippen MR) is 69.4 cm³/mol. The van der Waals surface area contributed by atoms with E-state index in [1.165, 1.54) is 25.7 Å². The van der Waals surface area contributed by atoms with Gasteiger partial charge in [-0.2, -0.15) is 0 Å². The molecule has 0 aromatic rings. The summed E-state index contributed by atoms with van der Waals surface area (Å²) in [6.45, 7) is 4.85. The van der Waals surface area contributed by atoms with E-state index in [9.17, 15) is 0 Å². The van der Waals surface area contributed by atoms with Crippen LogP contribution in [0.3, 0.4) is 0 Å². The van der Waals surface area contributed by atoms with Gasteiger partial charge in [0.2, 0.25) is 5.69 Å². The van der Waals surface area contributed by atoms with Crippen LogP contribution in [-0.4, -0.2) is 11.5 Å². The normalized spacial score (nSPS) is 17.7. The van der Waals surface area contributed by atoms with Crippen molar-refractivity contribution in [1.82, 2.24) is 0 Å².